The molecule has 0 spiro atoms. The first-order valence-corrected chi connectivity index (χ1v) is 8.28. The zero-order valence-corrected chi connectivity index (χ0v) is 14.9. The third-order valence-electron chi connectivity index (χ3n) is 4.02. The summed E-state index contributed by atoms with van der Waals surface area (Å²) in [5.41, 5.74) is 1.42. The fraction of sp³-hybridized carbons (Fsp3) is 0.300. The van der Waals surface area contributed by atoms with Crippen LogP contribution < -0.4 is 4.74 Å². The van der Waals surface area contributed by atoms with Gasteiger partial charge in [-0.05, 0) is 48.4 Å². The Morgan fingerprint density at radius 3 is 2.19 bits per heavy atom. The summed E-state index contributed by atoms with van der Waals surface area (Å²) in [6.45, 7) is 0.665. The van der Waals surface area contributed by atoms with E-state index in [0.29, 0.717) is 18.5 Å². The first-order chi connectivity index (χ1) is 12.5. The molecule has 0 saturated carbocycles. The summed E-state index contributed by atoms with van der Waals surface area (Å²) in [5, 5.41) is 0. The molecule has 138 valence electrons. The highest BCUT2D eigenvalue weighted by Crippen LogP contribution is 2.13. The van der Waals surface area contributed by atoms with E-state index in [2.05, 4.69) is 4.74 Å². The Morgan fingerprint density at radius 2 is 1.62 bits per heavy atom. The van der Waals surface area contributed by atoms with Crippen LogP contribution in [0.25, 0.3) is 0 Å². The molecule has 26 heavy (non-hydrogen) atoms. The highest BCUT2D eigenvalue weighted by molar-refractivity contribution is 5.94. The van der Waals surface area contributed by atoms with E-state index in [1.807, 2.05) is 24.3 Å². The van der Waals surface area contributed by atoms with Crippen LogP contribution in [0.1, 0.15) is 22.3 Å². The van der Waals surface area contributed by atoms with Gasteiger partial charge >= 0.3 is 5.97 Å². The largest absolute Gasteiger partial charge is 0.497 e. The van der Waals surface area contributed by atoms with Crippen LogP contribution in [0.4, 0.5) is 4.39 Å². The fourth-order valence-corrected chi connectivity index (χ4v) is 2.47. The van der Waals surface area contributed by atoms with Crippen LogP contribution in [-0.4, -0.2) is 44.1 Å². The lowest BCUT2D eigenvalue weighted by Gasteiger charge is -2.22. The van der Waals surface area contributed by atoms with E-state index in [9.17, 15) is 14.0 Å². The summed E-state index contributed by atoms with van der Waals surface area (Å²) in [5.74, 6) is -0.270. The van der Waals surface area contributed by atoms with Crippen molar-refractivity contribution in [1.29, 1.82) is 0 Å². The molecule has 0 bridgehead atoms. The van der Waals surface area contributed by atoms with Crippen LogP contribution in [0, 0.1) is 5.82 Å². The van der Waals surface area contributed by atoms with Gasteiger partial charge in [-0.2, -0.15) is 0 Å². The van der Waals surface area contributed by atoms with Crippen molar-refractivity contribution in [1.82, 2.24) is 4.90 Å². The molecule has 0 aliphatic rings. The molecule has 0 atom stereocenters. The van der Waals surface area contributed by atoms with E-state index in [0.717, 1.165) is 11.3 Å². The Labute approximate surface area is 152 Å². The molecule has 5 nitrogen and oxygen atoms in total. The van der Waals surface area contributed by atoms with Crippen molar-refractivity contribution in [2.24, 2.45) is 0 Å². The van der Waals surface area contributed by atoms with Crippen LogP contribution in [-0.2, 0) is 16.0 Å². The van der Waals surface area contributed by atoms with Crippen molar-refractivity contribution in [3.05, 3.63) is 65.5 Å². The van der Waals surface area contributed by atoms with Gasteiger partial charge in [0.15, 0.2) is 0 Å². The molecule has 2 rings (SSSR count). The maximum atomic E-state index is 13.1. The number of ether oxygens (including phenoxy) is 2. The lowest BCUT2D eigenvalue weighted by Crippen LogP contribution is -2.35. The van der Waals surface area contributed by atoms with Gasteiger partial charge in [-0.15, -0.1) is 0 Å². The van der Waals surface area contributed by atoms with Crippen LogP contribution in [0.2, 0.25) is 0 Å². The average Bonchev–Trinajstić information content (AvgIpc) is 2.68. The molecule has 0 aliphatic carbocycles. The Hall–Kier alpha value is -2.89. The standard InChI is InChI=1S/C20H22FNO4/c1-25-18-9-3-15(4-10-18)11-13-22(14-12-19(23)26-2)20(24)16-5-7-17(21)8-6-16/h3-10H,11-14H2,1-2H3. The van der Waals surface area contributed by atoms with Crippen molar-refractivity contribution in [3.63, 3.8) is 0 Å². The molecule has 0 saturated heterocycles. The van der Waals surface area contributed by atoms with Gasteiger partial charge in [0.1, 0.15) is 11.6 Å². The second-order valence-corrected chi connectivity index (χ2v) is 5.72. The SMILES string of the molecule is COC(=O)CCN(CCc1ccc(OC)cc1)C(=O)c1ccc(F)cc1. The summed E-state index contributed by atoms with van der Waals surface area (Å²) in [6.07, 6.45) is 0.726. The van der Waals surface area contributed by atoms with E-state index in [4.69, 9.17) is 4.74 Å². The van der Waals surface area contributed by atoms with Gasteiger partial charge < -0.3 is 14.4 Å². The van der Waals surface area contributed by atoms with Crippen LogP contribution >= 0.6 is 0 Å². The van der Waals surface area contributed by atoms with E-state index < -0.39 is 5.82 Å². The van der Waals surface area contributed by atoms with Gasteiger partial charge in [-0.25, -0.2) is 4.39 Å². The summed E-state index contributed by atoms with van der Waals surface area (Å²) < 4.78 is 22.9. The lowest BCUT2D eigenvalue weighted by molar-refractivity contribution is -0.140. The molecular formula is C20H22FNO4. The Morgan fingerprint density at radius 1 is 0.962 bits per heavy atom. The van der Waals surface area contributed by atoms with Gasteiger partial charge in [0.2, 0.25) is 0 Å². The van der Waals surface area contributed by atoms with Gasteiger partial charge in [0.25, 0.3) is 5.91 Å². The average molecular weight is 359 g/mol. The summed E-state index contributed by atoms with van der Waals surface area (Å²) in [7, 11) is 2.91. The van der Waals surface area contributed by atoms with Gasteiger partial charge in [0, 0.05) is 18.7 Å². The number of halogens is 1. The number of amides is 1. The van der Waals surface area contributed by atoms with E-state index in [1.165, 1.54) is 31.4 Å². The molecule has 0 aromatic heterocycles. The third kappa shape index (κ3) is 5.58. The zero-order valence-electron chi connectivity index (χ0n) is 14.9. The first-order valence-electron chi connectivity index (χ1n) is 8.28. The highest BCUT2D eigenvalue weighted by atomic mass is 19.1. The van der Waals surface area contributed by atoms with E-state index in [-0.39, 0.29) is 24.8 Å². The highest BCUT2D eigenvalue weighted by Gasteiger charge is 2.17. The number of esters is 1. The van der Waals surface area contributed by atoms with E-state index in [1.54, 1.807) is 12.0 Å². The van der Waals surface area contributed by atoms with Gasteiger partial charge in [0.05, 0.1) is 20.6 Å². The molecule has 2 aromatic carbocycles. The van der Waals surface area contributed by atoms with Crippen molar-refractivity contribution in [2.45, 2.75) is 12.8 Å². The van der Waals surface area contributed by atoms with Crippen molar-refractivity contribution < 1.29 is 23.5 Å². The number of benzene rings is 2. The molecule has 0 unspecified atom stereocenters. The molecule has 0 N–H and O–H groups in total. The Bertz CT molecular complexity index is 728. The number of methoxy groups -OCH3 is 2. The van der Waals surface area contributed by atoms with Crippen molar-refractivity contribution in [2.75, 3.05) is 27.3 Å². The molecule has 0 radical (unpaired) electrons. The second-order valence-electron chi connectivity index (χ2n) is 5.72. The van der Waals surface area contributed by atoms with Crippen LogP contribution in [0.5, 0.6) is 5.75 Å². The van der Waals surface area contributed by atoms with Crippen molar-refractivity contribution >= 4 is 11.9 Å². The maximum Gasteiger partial charge on any atom is 0.307 e. The molecule has 6 heteroatoms. The van der Waals surface area contributed by atoms with Crippen LogP contribution in [0.15, 0.2) is 48.5 Å². The third-order valence-corrected chi connectivity index (χ3v) is 4.02. The normalized spacial score (nSPS) is 10.3. The number of hydrogen-bond donors (Lipinski definition) is 0. The summed E-state index contributed by atoms with van der Waals surface area (Å²) in [6, 6.07) is 12.9. The molecular weight excluding hydrogens is 337 g/mol. The molecule has 0 heterocycles. The van der Waals surface area contributed by atoms with Crippen LogP contribution in [0.3, 0.4) is 0 Å². The monoisotopic (exact) mass is 359 g/mol. The quantitative estimate of drug-likeness (QED) is 0.680. The molecule has 0 fully saturated rings. The predicted octanol–water partition coefficient (Wildman–Crippen LogP) is 3.08. The summed E-state index contributed by atoms with van der Waals surface area (Å²) in [4.78, 5) is 25.7. The molecule has 1 amide bonds. The minimum atomic E-state index is -0.402. The minimum absolute atomic E-state index is 0.103. The summed E-state index contributed by atoms with van der Waals surface area (Å²) >= 11 is 0. The minimum Gasteiger partial charge on any atom is -0.497 e. The number of rotatable bonds is 8. The van der Waals surface area contributed by atoms with Crippen molar-refractivity contribution in [3.8, 4) is 5.75 Å². The fourth-order valence-electron chi connectivity index (χ4n) is 2.47. The first kappa shape index (κ1) is 19.4. The smallest absolute Gasteiger partial charge is 0.307 e. The Balaban J connectivity index is 2.07. The zero-order chi connectivity index (χ0) is 18.9. The maximum absolute atomic E-state index is 13.1. The van der Waals surface area contributed by atoms with Gasteiger partial charge in [-0.1, -0.05) is 12.1 Å². The van der Waals surface area contributed by atoms with E-state index >= 15 is 0 Å². The number of carbonyl (C=O) groups is 2. The second kappa shape index (κ2) is 9.56. The topological polar surface area (TPSA) is 55.8 Å². The lowest BCUT2D eigenvalue weighted by atomic mass is 10.1. The number of carbonyl (C=O) groups excluding carboxylic acids is 2. The number of nitrogens with zero attached hydrogens (tertiary/aromatic N) is 1. The molecule has 0 aliphatic heterocycles. The van der Waals surface area contributed by atoms with Gasteiger partial charge in [-0.3, -0.25) is 9.59 Å². The molecule has 2 aromatic rings. The number of hydrogen-bond acceptors (Lipinski definition) is 4. The predicted molar refractivity (Wildman–Crippen MR) is 95.6 cm³/mol. The Kier molecular flexibility index (Phi) is 7.14.